The molecule has 0 aliphatic heterocycles. The number of benzene rings is 2. The average Bonchev–Trinajstić information content (AvgIpc) is 3.41. The number of aliphatic hydroxyl groups excluding tert-OH is 2. The molecule has 9 heteroatoms. The van der Waals surface area contributed by atoms with E-state index in [4.69, 9.17) is 9.63 Å². The van der Waals surface area contributed by atoms with Gasteiger partial charge in [-0.05, 0) is 56.3 Å². The summed E-state index contributed by atoms with van der Waals surface area (Å²) in [4.78, 5) is 0. The molecule has 5 nitrogen and oxygen atoms in total. The number of rotatable bonds is 9. The van der Waals surface area contributed by atoms with Crippen molar-refractivity contribution < 1.29 is 27.9 Å². The van der Waals surface area contributed by atoms with E-state index in [1.807, 2.05) is 0 Å². The molecule has 1 saturated carbocycles. The smallest absolute Gasteiger partial charge is 0.184 e. The van der Waals surface area contributed by atoms with Crippen LogP contribution in [-0.2, 0) is 4.52 Å². The predicted octanol–water partition coefficient (Wildman–Crippen LogP) is 4.80. The van der Waals surface area contributed by atoms with Crippen molar-refractivity contribution in [2.24, 2.45) is 0 Å². The topological polar surface area (TPSA) is 73.8 Å². The molecule has 0 saturated heterocycles. The fourth-order valence-electron chi connectivity index (χ4n) is 3.07. The maximum Gasteiger partial charge on any atom is 0.184 e. The van der Waals surface area contributed by atoms with Gasteiger partial charge in [0.1, 0.15) is 19.8 Å². The fraction of sp³-hybridized carbons (Fsp3) is 0.400. The van der Waals surface area contributed by atoms with E-state index in [0.29, 0.717) is 12.0 Å². The molecular formula is C20H24F3N2O3P. The van der Waals surface area contributed by atoms with Crippen LogP contribution in [0.2, 0.25) is 0 Å². The van der Waals surface area contributed by atoms with Gasteiger partial charge in [0.05, 0.1) is 29.7 Å². The van der Waals surface area contributed by atoms with Crippen LogP contribution in [-0.4, -0.2) is 35.2 Å². The molecule has 2 unspecified atom stereocenters. The first-order valence-corrected chi connectivity index (χ1v) is 10.9. The van der Waals surface area contributed by atoms with Gasteiger partial charge >= 0.3 is 0 Å². The highest BCUT2D eigenvalue weighted by Crippen LogP contribution is 2.53. The Bertz CT molecular complexity index is 880. The molecule has 0 heterocycles. The van der Waals surface area contributed by atoms with Crippen LogP contribution in [0.4, 0.5) is 30.2 Å². The van der Waals surface area contributed by atoms with E-state index >= 15 is 0 Å². The number of nitrogens with one attached hydrogen (secondary N) is 2. The molecule has 0 bridgehead atoms. The summed E-state index contributed by atoms with van der Waals surface area (Å²) in [6.07, 6.45) is 0.923. The zero-order valence-electron chi connectivity index (χ0n) is 16.2. The lowest BCUT2D eigenvalue weighted by atomic mass is 10.1. The van der Waals surface area contributed by atoms with Crippen LogP contribution in [0.25, 0.3) is 0 Å². The molecule has 2 aromatic rings. The van der Waals surface area contributed by atoms with Crippen molar-refractivity contribution in [3.8, 4) is 0 Å². The third kappa shape index (κ3) is 5.39. The van der Waals surface area contributed by atoms with E-state index in [2.05, 4.69) is 10.4 Å². The molecule has 4 N–H and O–H groups in total. The predicted molar refractivity (Wildman–Crippen MR) is 108 cm³/mol. The lowest BCUT2D eigenvalue weighted by molar-refractivity contribution is 0.0455. The first kappa shape index (κ1) is 21.8. The van der Waals surface area contributed by atoms with Crippen LogP contribution >= 0.6 is 8.30 Å². The van der Waals surface area contributed by atoms with E-state index in [0.717, 1.165) is 18.9 Å². The number of hydrogen-bond acceptors (Lipinski definition) is 5. The summed E-state index contributed by atoms with van der Waals surface area (Å²) < 4.78 is 48.5. The van der Waals surface area contributed by atoms with Crippen molar-refractivity contribution in [2.45, 2.75) is 37.9 Å². The van der Waals surface area contributed by atoms with Crippen LogP contribution in [0.1, 0.15) is 24.8 Å². The zero-order valence-corrected chi connectivity index (χ0v) is 17.1. The molecule has 1 aliphatic rings. The van der Waals surface area contributed by atoms with Crippen LogP contribution < -0.4 is 10.4 Å². The first-order valence-electron chi connectivity index (χ1n) is 9.22. The molecule has 0 radical (unpaired) electrons. The summed E-state index contributed by atoms with van der Waals surface area (Å²) in [5.74, 6) is -2.77. The minimum atomic E-state index is -1.31. The first-order chi connectivity index (χ1) is 13.7. The van der Waals surface area contributed by atoms with Crippen LogP contribution in [0.5, 0.6) is 0 Å². The Morgan fingerprint density at radius 1 is 1.14 bits per heavy atom. The third-order valence-corrected chi connectivity index (χ3v) is 5.93. The molecule has 29 heavy (non-hydrogen) atoms. The van der Waals surface area contributed by atoms with Crippen molar-refractivity contribution in [3.63, 3.8) is 0 Å². The second-order valence-corrected chi connectivity index (χ2v) is 8.72. The van der Waals surface area contributed by atoms with Crippen LogP contribution in [0.3, 0.4) is 0 Å². The van der Waals surface area contributed by atoms with Gasteiger partial charge in [-0.25, -0.2) is 13.2 Å². The van der Waals surface area contributed by atoms with E-state index < -0.39 is 37.5 Å². The van der Waals surface area contributed by atoms with Gasteiger partial charge in [0.2, 0.25) is 0 Å². The highest BCUT2D eigenvalue weighted by atomic mass is 31.2. The molecular weight excluding hydrogens is 404 g/mol. The van der Waals surface area contributed by atoms with Crippen molar-refractivity contribution in [3.05, 3.63) is 53.3 Å². The van der Waals surface area contributed by atoms with E-state index in [9.17, 15) is 18.3 Å². The number of aliphatic hydroxyl groups is 2. The fourth-order valence-corrected chi connectivity index (χ4v) is 4.48. The average molecular weight is 428 g/mol. The van der Waals surface area contributed by atoms with Gasteiger partial charge in [-0.2, -0.15) is 0 Å². The highest BCUT2D eigenvalue weighted by Gasteiger charge is 2.46. The zero-order chi connectivity index (χ0) is 21.2. The van der Waals surface area contributed by atoms with Crippen molar-refractivity contribution in [1.82, 2.24) is 0 Å². The number of halogens is 3. The lowest BCUT2D eigenvalue weighted by Crippen LogP contribution is -2.24. The Morgan fingerprint density at radius 3 is 2.45 bits per heavy atom. The molecule has 3 rings (SSSR count). The largest absolute Gasteiger partial charge is 0.394 e. The van der Waals surface area contributed by atoms with Crippen molar-refractivity contribution >= 4 is 25.4 Å². The molecule has 2 aromatic carbocycles. The minimum Gasteiger partial charge on any atom is -0.394 e. The lowest BCUT2D eigenvalue weighted by Gasteiger charge is -2.25. The summed E-state index contributed by atoms with van der Waals surface area (Å²) in [5, 5.41) is 24.4. The normalized spacial score (nSPS) is 16.9. The molecule has 2 atom stereocenters. The van der Waals surface area contributed by atoms with Gasteiger partial charge in [0, 0.05) is 6.42 Å². The van der Waals surface area contributed by atoms with Crippen molar-refractivity contribution in [1.29, 1.82) is 0 Å². The summed E-state index contributed by atoms with van der Waals surface area (Å²) >= 11 is 0. The Balaban J connectivity index is 1.78. The highest BCUT2D eigenvalue weighted by molar-refractivity contribution is 7.53. The molecule has 158 valence electrons. The van der Waals surface area contributed by atoms with Gasteiger partial charge in [0.15, 0.2) is 11.6 Å². The van der Waals surface area contributed by atoms with E-state index in [-0.39, 0.29) is 23.7 Å². The summed E-state index contributed by atoms with van der Waals surface area (Å²) in [6, 6.07) is 6.76. The van der Waals surface area contributed by atoms with E-state index in [1.54, 1.807) is 19.7 Å². The van der Waals surface area contributed by atoms with Gasteiger partial charge in [-0.15, -0.1) is 0 Å². The number of anilines is 3. The number of hydrogen-bond donors (Lipinski definition) is 4. The third-order valence-electron chi connectivity index (χ3n) is 4.71. The standard InChI is InChI=1S/C20H24F3N2O3P/c1-12-3-5-16(15(22)9-12)24-19-17(6-4-14(21)18(19)23)25-29(2)28-20(7-8-20)10-13(27)11-26/h3-6,9,13,24-27H,7-8,10-11H2,1-2H3. The SMILES string of the molecule is Cc1ccc(Nc2c(NP(C)OC3(CC(O)CO)CC3)ccc(F)c2F)c(F)c1. The van der Waals surface area contributed by atoms with Gasteiger partial charge in [0.25, 0.3) is 0 Å². The quantitative estimate of drug-likeness (QED) is 0.432. The number of aryl methyl sites for hydroxylation is 1. The second kappa shape index (κ2) is 8.88. The van der Waals surface area contributed by atoms with Crippen LogP contribution in [0, 0.1) is 24.4 Å². The molecule has 1 aliphatic carbocycles. The molecule has 0 spiro atoms. The maximum absolute atomic E-state index is 14.5. The van der Waals surface area contributed by atoms with Crippen molar-refractivity contribution in [2.75, 3.05) is 23.7 Å². The van der Waals surface area contributed by atoms with Gasteiger partial charge in [-0.3, -0.25) is 0 Å². The second-order valence-electron chi connectivity index (χ2n) is 7.32. The van der Waals surface area contributed by atoms with Crippen LogP contribution in [0.15, 0.2) is 30.3 Å². The molecule has 1 fully saturated rings. The van der Waals surface area contributed by atoms with Gasteiger partial charge in [-0.1, -0.05) is 6.07 Å². The van der Waals surface area contributed by atoms with E-state index in [1.165, 1.54) is 18.2 Å². The monoisotopic (exact) mass is 428 g/mol. The maximum atomic E-state index is 14.5. The Kier molecular flexibility index (Phi) is 6.69. The van der Waals surface area contributed by atoms with Gasteiger partial charge < -0.3 is 25.1 Å². The Morgan fingerprint density at radius 2 is 1.83 bits per heavy atom. The molecule has 0 aromatic heterocycles. The molecule has 0 amide bonds. The summed E-state index contributed by atoms with van der Waals surface area (Å²) in [5.41, 5.74) is 0.220. The Labute approximate surface area is 168 Å². The summed E-state index contributed by atoms with van der Waals surface area (Å²) in [6.45, 7) is 3.14. The summed E-state index contributed by atoms with van der Waals surface area (Å²) in [7, 11) is -1.31. The Hall–Kier alpha value is -1.86. The minimum absolute atomic E-state index is 0.0224.